The van der Waals surface area contributed by atoms with E-state index in [1.165, 1.54) is 25.9 Å². The molecule has 4 heterocycles. The minimum absolute atomic E-state index is 0.376. The summed E-state index contributed by atoms with van der Waals surface area (Å²) in [7, 11) is 6.15. The fraction of sp³-hybridized carbons (Fsp3) is 0.684. The molecule has 0 aromatic carbocycles. The van der Waals surface area contributed by atoms with Crippen molar-refractivity contribution in [1.29, 1.82) is 0 Å². The molecule has 2 aliphatic heterocycles. The first kappa shape index (κ1) is 18.2. The van der Waals surface area contributed by atoms with Gasteiger partial charge in [0.05, 0.1) is 6.54 Å². The third kappa shape index (κ3) is 3.76. The van der Waals surface area contributed by atoms with Crippen molar-refractivity contribution < 1.29 is 0 Å². The second kappa shape index (κ2) is 7.80. The SMILES string of the molecule is CN(C)c1nccnc1N1CCCC(c2nnc(CN3CCCC3)n2C)C1. The molecule has 1 unspecified atom stereocenters. The predicted molar refractivity (Wildman–Crippen MR) is 106 cm³/mol. The highest BCUT2D eigenvalue weighted by Crippen LogP contribution is 2.31. The van der Waals surface area contributed by atoms with Gasteiger partial charge in [0.25, 0.3) is 0 Å². The Hall–Kier alpha value is -2.22. The number of rotatable bonds is 5. The summed E-state index contributed by atoms with van der Waals surface area (Å²) < 4.78 is 2.22. The van der Waals surface area contributed by atoms with Gasteiger partial charge in [-0.15, -0.1) is 10.2 Å². The van der Waals surface area contributed by atoms with Crippen LogP contribution in [0, 0.1) is 0 Å². The van der Waals surface area contributed by atoms with Crippen molar-refractivity contribution in [3.8, 4) is 0 Å². The Morgan fingerprint density at radius 2 is 1.81 bits per heavy atom. The first-order valence-electron chi connectivity index (χ1n) is 9.97. The second-order valence-electron chi connectivity index (χ2n) is 7.90. The van der Waals surface area contributed by atoms with Gasteiger partial charge in [-0.3, -0.25) is 4.90 Å². The lowest BCUT2D eigenvalue weighted by Crippen LogP contribution is -2.37. The summed E-state index contributed by atoms with van der Waals surface area (Å²) in [6, 6.07) is 0. The van der Waals surface area contributed by atoms with E-state index in [2.05, 4.69) is 41.6 Å². The average Bonchev–Trinajstić information content (AvgIpc) is 3.33. The summed E-state index contributed by atoms with van der Waals surface area (Å²) >= 11 is 0. The topological polar surface area (TPSA) is 66.2 Å². The van der Waals surface area contributed by atoms with E-state index in [-0.39, 0.29) is 0 Å². The molecule has 8 nitrogen and oxygen atoms in total. The molecule has 0 radical (unpaired) electrons. The molecule has 2 saturated heterocycles. The van der Waals surface area contributed by atoms with Crippen molar-refractivity contribution in [2.24, 2.45) is 7.05 Å². The molecule has 27 heavy (non-hydrogen) atoms. The molecule has 8 heteroatoms. The van der Waals surface area contributed by atoms with Gasteiger partial charge in [-0.1, -0.05) is 0 Å². The van der Waals surface area contributed by atoms with Crippen LogP contribution in [-0.2, 0) is 13.6 Å². The molecule has 4 rings (SSSR count). The van der Waals surface area contributed by atoms with Gasteiger partial charge in [0.15, 0.2) is 11.6 Å². The highest BCUT2D eigenvalue weighted by molar-refractivity contribution is 5.61. The predicted octanol–water partition coefficient (Wildman–Crippen LogP) is 1.65. The number of likely N-dealkylation sites (tertiary alicyclic amines) is 1. The summed E-state index contributed by atoms with van der Waals surface area (Å²) in [5.41, 5.74) is 0. The molecule has 146 valence electrons. The Balaban J connectivity index is 1.51. The Bertz CT molecular complexity index is 765. The van der Waals surface area contributed by atoms with E-state index >= 15 is 0 Å². The first-order valence-corrected chi connectivity index (χ1v) is 9.97. The van der Waals surface area contributed by atoms with Crippen LogP contribution in [0.4, 0.5) is 11.6 Å². The molecule has 2 aromatic heterocycles. The van der Waals surface area contributed by atoms with Gasteiger partial charge in [-0.2, -0.15) is 0 Å². The normalized spacial score (nSPS) is 21.0. The molecular formula is C19H30N8. The third-order valence-corrected chi connectivity index (χ3v) is 5.73. The zero-order valence-electron chi connectivity index (χ0n) is 16.7. The fourth-order valence-electron chi connectivity index (χ4n) is 4.25. The Kier molecular flexibility index (Phi) is 5.24. The lowest BCUT2D eigenvalue weighted by atomic mass is 9.97. The molecule has 0 N–H and O–H groups in total. The van der Waals surface area contributed by atoms with E-state index in [0.29, 0.717) is 5.92 Å². The van der Waals surface area contributed by atoms with Gasteiger partial charge < -0.3 is 14.4 Å². The third-order valence-electron chi connectivity index (χ3n) is 5.73. The number of nitrogens with zero attached hydrogens (tertiary/aromatic N) is 8. The van der Waals surface area contributed by atoms with Gasteiger partial charge in [0.1, 0.15) is 11.6 Å². The Morgan fingerprint density at radius 3 is 2.59 bits per heavy atom. The molecular weight excluding hydrogens is 340 g/mol. The summed E-state index contributed by atoms with van der Waals surface area (Å²) in [5, 5.41) is 9.09. The molecule has 0 aliphatic carbocycles. The van der Waals surface area contributed by atoms with Crippen molar-refractivity contribution in [3.63, 3.8) is 0 Å². The fourth-order valence-corrected chi connectivity index (χ4v) is 4.25. The number of aromatic nitrogens is 5. The summed E-state index contributed by atoms with van der Waals surface area (Å²) in [6.07, 6.45) is 8.41. The van der Waals surface area contributed by atoms with Gasteiger partial charge in [-0.25, -0.2) is 9.97 Å². The van der Waals surface area contributed by atoms with E-state index in [1.807, 2.05) is 19.0 Å². The smallest absolute Gasteiger partial charge is 0.171 e. The summed E-state index contributed by atoms with van der Waals surface area (Å²) in [4.78, 5) is 16.0. The van der Waals surface area contributed by atoms with E-state index < -0.39 is 0 Å². The van der Waals surface area contributed by atoms with Crippen LogP contribution in [0.25, 0.3) is 0 Å². The van der Waals surface area contributed by atoms with Crippen molar-refractivity contribution in [3.05, 3.63) is 24.0 Å². The van der Waals surface area contributed by atoms with Crippen LogP contribution < -0.4 is 9.80 Å². The summed E-state index contributed by atoms with van der Waals surface area (Å²) in [6.45, 7) is 5.19. The quantitative estimate of drug-likeness (QED) is 0.793. The zero-order chi connectivity index (χ0) is 18.8. The van der Waals surface area contributed by atoms with Crippen molar-refractivity contribution in [2.45, 2.75) is 38.1 Å². The van der Waals surface area contributed by atoms with Crippen LogP contribution in [0.3, 0.4) is 0 Å². The Labute approximate surface area is 161 Å². The van der Waals surface area contributed by atoms with Crippen LogP contribution in [0.15, 0.2) is 12.4 Å². The molecule has 2 fully saturated rings. The van der Waals surface area contributed by atoms with Crippen LogP contribution in [0.2, 0.25) is 0 Å². The van der Waals surface area contributed by atoms with E-state index in [0.717, 1.165) is 55.8 Å². The first-order chi connectivity index (χ1) is 13.1. The minimum atomic E-state index is 0.376. The maximum Gasteiger partial charge on any atom is 0.171 e. The van der Waals surface area contributed by atoms with E-state index in [9.17, 15) is 0 Å². The molecule has 0 amide bonds. The van der Waals surface area contributed by atoms with Gasteiger partial charge in [0.2, 0.25) is 0 Å². The second-order valence-corrected chi connectivity index (χ2v) is 7.90. The van der Waals surface area contributed by atoms with E-state index in [1.54, 1.807) is 12.4 Å². The van der Waals surface area contributed by atoms with Crippen LogP contribution in [0.1, 0.15) is 43.3 Å². The highest BCUT2D eigenvalue weighted by atomic mass is 15.3. The van der Waals surface area contributed by atoms with Gasteiger partial charge in [0, 0.05) is 52.5 Å². The van der Waals surface area contributed by atoms with Crippen LogP contribution >= 0.6 is 0 Å². The molecule has 0 bridgehead atoms. The number of anilines is 2. The number of hydrogen-bond acceptors (Lipinski definition) is 7. The van der Waals surface area contributed by atoms with Crippen molar-refractivity contribution in [2.75, 3.05) is 50.1 Å². The summed E-state index contributed by atoms with van der Waals surface area (Å²) in [5.74, 6) is 4.44. The lowest BCUT2D eigenvalue weighted by molar-refractivity contribution is 0.317. The van der Waals surface area contributed by atoms with Crippen LogP contribution in [0.5, 0.6) is 0 Å². The standard InChI is InChI=1S/C19H30N8/c1-24(2)18-19(21-9-8-20-18)27-12-6-7-15(13-27)17-23-22-16(25(17)3)14-26-10-4-5-11-26/h8-9,15H,4-7,10-14H2,1-3H3. The number of hydrogen-bond donors (Lipinski definition) is 0. The minimum Gasteiger partial charge on any atom is -0.360 e. The Morgan fingerprint density at radius 1 is 1.04 bits per heavy atom. The molecule has 2 aliphatic rings. The van der Waals surface area contributed by atoms with Gasteiger partial charge >= 0.3 is 0 Å². The van der Waals surface area contributed by atoms with Crippen molar-refractivity contribution >= 4 is 11.6 Å². The van der Waals surface area contributed by atoms with Crippen molar-refractivity contribution in [1.82, 2.24) is 29.6 Å². The monoisotopic (exact) mass is 370 g/mol. The lowest BCUT2D eigenvalue weighted by Gasteiger charge is -2.34. The van der Waals surface area contributed by atoms with E-state index in [4.69, 9.17) is 0 Å². The molecule has 1 atom stereocenters. The highest BCUT2D eigenvalue weighted by Gasteiger charge is 2.28. The zero-order valence-corrected chi connectivity index (χ0v) is 16.7. The molecule has 2 aromatic rings. The van der Waals surface area contributed by atoms with Crippen LogP contribution in [-0.4, -0.2) is 69.9 Å². The number of piperidine rings is 1. The molecule has 0 saturated carbocycles. The molecule has 0 spiro atoms. The average molecular weight is 371 g/mol. The van der Waals surface area contributed by atoms with Gasteiger partial charge in [-0.05, 0) is 38.8 Å². The largest absolute Gasteiger partial charge is 0.360 e. The maximum atomic E-state index is 4.62. The maximum absolute atomic E-state index is 4.62.